The Morgan fingerprint density at radius 1 is 1.27 bits per heavy atom. The van der Waals surface area contributed by atoms with Crippen LogP contribution in [0.3, 0.4) is 0 Å². The largest absolute Gasteiger partial charge is 0.314 e. The molecular formula is C18H26N2OS. The summed E-state index contributed by atoms with van der Waals surface area (Å²) in [7, 11) is 1.92. The van der Waals surface area contributed by atoms with Crippen LogP contribution in [0.5, 0.6) is 0 Å². The Kier molecular flexibility index (Phi) is 4.51. The van der Waals surface area contributed by atoms with E-state index in [0.717, 1.165) is 43.4 Å². The molecule has 1 amide bonds. The Labute approximate surface area is 138 Å². The minimum absolute atomic E-state index is 0.257. The molecule has 1 saturated heterocycles. The zero-order valence-electron chi connectivity index (χ0n) is 13.8. The SMILES string of the molecule is CS[C@H](C)CCN1CCC2(CC1)C(=O)N(C)c1ccccc12. The van der Waals surface area contributed by atoms with Crippen molar-refractivity contribution in [3.8, 4) is 0 Å². The Hall–Kier alpha value is -1.00. The number of hydrogen-bond donors (Lipinski definition) is 0. The topological polar surface area (TPSA) is 23.6 Å². The summed E-state index contributed by atoms with van der Waals surface area (Å²) >= 11 is 1.94. The fourth-order valence-electron chi connectivity index (χ4n) is 3.84. The van der Waals surface area contributed by atoms with Crippen LogP contribution in [0.2, 0.25) is 0 Å². The molecule has 1 atom stereocenters. The molecule has 4 heteroatoms. The van der Waals surface area contributed by atoms with Crippen molar-refractivity contribution in [2.45, 2.75) is 36.9 Å². The van der Waals surface area contributed by atoms with Gasteiger partial charge in [0.1, 0.15) is 0 Å². The van der Waals surface area contributed by atoms with Crippen molar-refractivity contribution in [2.24, 2.45) is 0 Å². The van der Waals surface area contributed by atoms with Crippen LogP contribution < -0.4 is 4.90 Å². The molecule has 0 radical (unpaired) electrons. The highest BCUT2D eigenvalue weighted by atomic mass is 32.2. The van der Waals surface area contributed by atoms with E-state index in [-0.39, 0.29) is 5.41 Å². The van der Waals surface area contributed by atoms with Gasteiger partial charge in [-0.25, -0.2) is 0 Å². The lowest BCUT2D eigenvalue weighted by Gasteiger charge is -2.38. The van der Waals surface area contributed by atoms with Crippen LogP contribution in [0.15, 0.2) is 24.3 Å². The van der Waals surface area contributed by atoms with E-state index in [1.807, 2.05) is 29.8 Å². The summed E-state index contributed by atoms with van der Waals surface area (Å²) in [6.07, 6.45) is 5.33. The predicted molar refractivity (Wildman–Crippen MR) is 94.8 cm³/mol. The second kappa shape index (κ2) is 6.25. The molecule has 1 aromatic rings. The maximum atomic E-state index is 12.9. The van der Waals surface area contributed by atoms with Gasteiger partial charge in [-0.05, 0) is 56.8 Å². The molecule has 1 fully saturated rings. The summed E-state index contributed by atoms with van der Waals surface area (Å²) < 4.78 is 0. The van der Waals surface area contributed by atoms with Crippen molar-refractivity contribution in [3.63, 3.8) is 0 Å². The minimum atomic E-state index is -0.257. The highest BCUT2D eigenvalue weighted by molar-refractivity contribution is 7.99. The lowest BCUT2D eigenvalue weighted by atomic mass is 9.73. The zero-order valence-corrected chi connectivity index (χ0v) is 14.7. The van der Waals surface area contributed by atoms with Crippen LogP contribution in [0.1, 0.15) is 31.7 Å². The molecule has 22 heavy (non-hydrogen) atoms. The molecule has 2 aliphatic rings. The van der Waals surface area contributed by atoms with E-state index in [2.05, 4.69) is 36.3 Å². The average molecular weight is 318 g/mol. The van der Waals surface area contributed by atoms with Crippen LogP contribution in [0, 0.1) is 0 Å². The van der Waals surface area contributed by atoms with Crippen molar-refractivity contribution in [3.05, 3.63) is 29.8 Å². The minimum Gasteiger partial charge on any atom is -0.314 e. The molecule has 0 saturated carbocycles. The number of fused-ring (bicyclic) bond motifs is 2. The Morgan fingerprint density at radius 3 is 2.64 bits per heavy atom. The van der Waals surface area contributed by atoms with E-state index in [0.29, 0.717) is 5.91 Å². The van der Waals surface area contributed by atoms with Crippen molar-refractivity contribution in [1.29, 1.82) is 0 Å². The number of hydrogen-bond acceptors (Lipinski definition) is 3. The second-order valence-corrected chi connectivity index (χ2v) is 7.92. The normalized spacial score (nSPS) is 22.1. The number of amides is 1. The first-order valence-corrected chi connectivity index (χ1v) is 9.50. The molecule has 0 N–H and O–H groups in total. The standard InChI is InChI=1S/C18H26N2OS/c1-14(22-3)8-11-20-12-9-18(10-13-20)15-6-4-5-7-16(15)19(2)17(18)21/h4-7,14H,8-13H2,1-3H3/t14-/m1/s1. The van der Waals surface area contributed by atoms with Gasteiger partial charge in [-0.15, -0.1) is 0 Å². The van der Waals surface area contributed by atoms with E-state index < -0.39 is 0 Å². The van der Waals surface area contributed by atoms with Crippen molar-refractivity contribution >= 4 is 23.4 Å². The van der Waals surface area contributed by atoms with Crippen LogP contribution in [-0.2, 0) is 10.2 Å². The van der Waals surface area contributed by atoms with Crippen LogP contribution in [0.25, 0.3) is 0 Å². The molecule has 1 spiro atoms. The number of thioether (sulfide) groups is 1. The number of piperidine rings is 1. The van der Waals surface area contributed by atoms with Gasteiger partial charge in [0.2, 0.25) is 5.91 Å². The molecular weight excluding hydrogens is 292 g/mol. The smallest absolute Gasteiger partial charge is 0.237 e. The fourth-order valence-corrected chi connectivity index (χ4v) is 4.18. The summed E-state index contributed by atoms with van der Waals surface area (Å²) in [5.74, 6) is 0.297. The highest BCUT2D eigenvalue weighted by Crippen LogP contribution is 2.47. The van der Waals surface area contributed by atoms with Crippen molar-refractivity contribution in [2.75, 3.05) is 37.8 Å². The van der Waals surface area contributed by atoms with E-state index in [4.69, 9.17) is 0 Å². The van der Waals surface area contributed by atoms with Gasteiger partial charge in [0.15, 0.2) is 0 Å². The van der Waals surface area contributed by atoms with Gasteiger partial charge < -0.3 is 9.80 Å². The number of carbonyl (C=O) groups excluding carboxylic acids is 1. The first-order valence-electron chi connectivity index (χ1n) is 8.21. The lowest BCUT2D eigenvalue weighted by molar-refractivity contribution is -0.124. The zero-order chi connectivity index (χ0) is 15.7. The van der Waals surface area contributed by atoms with Crippen LogP contribution in [0.4, 0.5) is 5.69 Å². The quantitative estimate of drug-likeness (QED) is 0.852. The van der Waals surface area contributed by atoms with E-state index in [1.165, 1.54) is 12.0 Å². The predicted octanol–water partition coefficient (Wildman–Crippen LogP) is 3.14. The molecule has 120 valence electrons. The van der Waals surface area contributed by atoms with Gasteiger partial charge in [0, 0.05) is 18.0 Å². The van der Waals surface area contributed by atoms with Crippen LogP contribution in [-0.4, -0.2) is 49.0 Å². The van der Waals surface area contributed by atoms with Gasteiger partial charge in [-0.1, -0.05) is 25.1 Å². The number of nitrogens with zero attached hydrogens (tertiary/aromatic N) is 2. The molecule has 2 aliphatic heterocycles. The van der Waals surface area contributed by atoms with Crippen molar-refractivity contribution < 1.29 is 4.79 Å². The number of rotatable bonds is 4. The molecule has 0 aliphatic carbocycles. The third kappa shape index (κ3) is 2.56. The number of likely N-dealkylation sites (N-methyl/N-ethyl adjacent to an activating group) is 1. The highest BCUT2D eigenvalue weighted by Gasteiger charge is 2.50. The van der Waals surface area contributed by atoms with E-state index in [1.54, 1.807) is 0 Å². The van der Waals surface area contributed by atoms with Crippen molar-refractivity contribution in [1.82, 2.24) is 4.90 Å². The number of benzene rings is 1. The van der Waals surface area contributed by atoms with Crippen LogP contribution >= 0.6 is 11.8 Å². The Morgan fingerprint density at radius 2 is 1.95 bits per heavy atom. The third-order valence-corrected chi connectivity index (χ3v) is 6.50. The van der Waals surface area contributed by atoms with E-state index in [9.17, 15) is 4.79 Å². The van der Waals surface area contributed by atoms with Gasteiger partial charge in [0.25, 0.3) is 0 Å². The lowest BCUT2D eigenvalue weighted by Crippen LogP contribution is -2.48. The maximum Gasteiger partial charge on any atom is 0.237 e. The van der Waals surface area contributed by atoms with E-state index >= 15 is 0 Å². The molecule has 2 heterocycles. The molecule has 1 aromatic carbocycles. The van der Waals surface area contributed by atoms with Gasteiger partial charge >= 0.3 is 0 Å². The first kappa shape index (κ1) is 15.9. The molecule has 3 rings (SSSR count). The number of carbonyl (C=O) groups is 1. The van der Waals surface area contributed by atoms with Gasteiger partial charge in [-0.3, -0.25) is 4.79 Å². The molecule has 3 nitrogen and oxygen atoms in total. The summed E-state index contributed by atoms with van der Waals surface area (Å²) in [6, 6.07) is 8.33. The monoisotopic (exact) mass is 318 g/mol. The molecule has 0 aromatic heterocycles. The summed E-state index contributed by atoms with van der Waals surface area (Å²) in [5, 5.41) is 0.718. The number of para-hydroxylation sites is 1. The average Bonchev–Trinajstić information content (AvgIpc) is 2.77. The Balaban J connectivity index is 1.71. The second-order valence-electron chi connectivity index (χ2n) is 6.64. The Bertz CT molecular complexity index is 552. The van der Waals surface area contributed by atoms with Gasteiger partial charge in [-0.2, -0.15) is 11.8 Å². The summed E-state index contributed by atoms with van der Waals surface area (Å²) in [6.45, 7) is 5.52. The summed E-state index contributed by atoms with van der Waals surface area (Å²) in [5.41, 5.74) is 2.10. The number of anilines is 1. The molecule has 0 bridgehead atoms. The third-order valence-electron chi connectivity index (χ3n) is 5.46. The molecule has 0 unspecified atom stereocenters. The first-order chi connectivity index (χ1) is 10.6. The summed E-state index contributed by atoms with van der Waals surface area (Å²) in [4.78, 5) is 17.3. The fraction of sp³-hybridized carbons (Fsp3) is 0.611. The van der Waals surface area contributed by atoms with Gasteiger partial charge in [0.05, 0.1) is 5.41 Å². The maximum absolute atomic E-state index is 12.9. The number of likely N-dealkylation sites (tertiary alicyclic amines) is 1.